The lowest BCUT2D eigenvalue weighted by Gasteiger charge is -2.18. The van der Waals surface area contributed by atoms with Crippen LogP contribution in [-0.4, -0.2) is 43.1 Å². The lowest BCUT2D eigenvalue weighted by Crippen LogP contribution is -2.31. The highest BCUT2D eigenvalue weighted by atomic mass is 16.4. The first-order chi connectivity index (χ1) is 9.43. The fraction of sp³-hybridized carbons (Fsp3) is 0.333. The van der Waals surface area contributed by atoms with Crippen molar-refractivity contribution in [2.24, 2.45) is 14.1 Å². The molecular formula is C12H15N5O3. The van der Waals surface area contributed by atoms with Gasteiger partial charge in [-0.25, -0.2) is 4.79 Å². The fourth-order valence-corrected chi connectivity index (χ4v) is 1.90. The van der Waals surface area contributed by atoms with E-state index in [1.54, 1.807) is 24.1 Å². The van der Waals surface area contributed by atoms with Crippen molar-refractivity contribution in [3.05, 3.63) is 29.8 Å². The molecule has 2 aromatic rings. The molecule has 2 heterocycles. The molecule has 106 valence electrons. The molecule has 0 atom stereocenters. The maximum absolute atomic E-state index is 12.5. The van der Waals surface area contributed by atoms with E-state index in [-0.39, 0.29) is 17.3 Å². The molecule has 0 bridgehead atoms. The molecule has 0 aliphatic rings. The number of hydrogen-bond donors (Lipinski definition) is 1. The molecule has 0 saturated heterocycles. The Morgan fingerprint density at radius 3 is 2.55 bits per heavy atom. The molecule has 0 aromatic carbocycles. The Balaban J connectivity index is 2.36. The highest BCUT2D eigenvalue weighted by Gasteiger charge is 2.23. The number of aromatic carboxylic acids is 1. The number of rotatable bonds is 4. The van der Waals surface area contributed by atoms with Gasteiger partial charge in [0.1, 0.15) is 5.69 Å². The Labute approximate surface area is 115 Å². The van der Waals surface area contributed by atoms with Gasteiger partial charge in [-0.3, -0.25) is 14.2 Å². The maximum atomic E-state index is 12.5. The SMILES string of the molecule is CCN(C(=O)c1cc(C(=O)O)nn1C)c1cnn(C)c1. The third-order valence-electron chi connectivity index (χ3n) is 2.88. The number of amides is 1. The van der Waals surface area contributed by atoms with Gasteiger partial charge in [0, 0.05) is 32.9 Å². The molecule has 0 radical (unpaired) electrons. The number of anilines is 1. The van der Waals surface area contributed by atoms with Gasteiger partial charge >= 0.3 is 5.97 Å². The lowest BCUT2D eigenvalue weighted by atomic mass is 10.3. The largest absolute Gasteiger partial charge is 0.476 e. The van der Waals surface area contributed by atoms with Crippen LogP contribution < -0.4 is 4.90 Å². The Kier molecular flexibility index (Phi) is 3.55. The zero-order chi connectivity index (χ0) is 14.9. The van der Waals surface area contributed by atoms with Crippen molar-refractivity contribution in [1.82, 2.24) is 19.6 Å². The van der Waals surface area contributed by atoms with Gasteiger partial charge in [-0.1, -0.05) is 0 Å². The monoisotopic (exact) mass is 277 g/mol. The summed E-state index contributed by atoms with van der Waals surface area (Å²) in [7, 11) is 3.30. The molecule has 1 amide bonds. The number of hydrogen-bond acceptors (Lipinski definition) is 4. The second-order valence-electron chi connectivity index (χ2n) is 4.27. The highest BCUT2D eigenvalue weighted by Crippen LogP contribution is 2.16. The average Bonchev–Trinajstić information content (AvgIpc) is 2.97. The third-order valence-corrected chi connectivity index (χ3v) is 2.88. The minimum Gasteiger partial charge on any atom is -0.476 e. The molecule has 0 fully saturated rings. The molecule has 8 nitrogen and oxygen atoms in total. The molecule has 1 N–H and O–H groups in total. The van der Waals surface area contributed by atoms with E-state index in [2.05, 4.69) is 10.2 Å². The van der Waals surface area contributed by atoms with Crippen LogP contribution in [0.4, 0.5) is 5.69 Å². The molecule has 0 spiro atoms. The van der Waals surface area contributed by atoms with E-state index < -0.39 is 5.97 Å². The summed E-state index contributed by atoms with van der Waals surface area (Å²) in [5.41, 5.74) is 0.712. The third kappa shape index (κ3) is 2.40. The molecule has 20 heavy (non-hydrogen) atoms. The van der Waals surface area contributed by atoms with Crippen LogP contribution in [0.5, 0.6) is 0 Å². The zero-order valence-electron chi connectivity index (χ0n) is 11.4. The highest BCUT2D eigenvalue weighted by molar-refractivity contribution is 6.05. The normalized spacial score (nSPS) is 10.6. The number of carboxylic acid groups (broad SMARTS) is 1. The van der Waals surface area contributed by atoms with E-state index in [1.165, 1.54) is 22.7 Å². The standard InChI is InChI=1S/C12H15N5O3/c1-4-17(8-6-13-15(2)7-8)11(18)10-5-9(12(19)20)14-16(10)3/h5-7H,4H2,1-3H3,(H,19,20). The number of aromatic nitrogens is 4. The number of nitrogens with zero attached hydrogens (tertiary/aromatic N) is 5. The van der Waals surface area contributed by atoms with Gasteiger partial charge in [0.2, 0.25) is 0 Å². The predicted octanol–water partition coefficient (Wildman–Crippen LogP) is 0.518. The van der Waals surface area contributed by atoms with Crippen LogP contribution in [-0.2, 0) is 14.1 Å². The number of carbonyl (C=O) groups excluding carboxylic acids is 1. The van der Waals surface area contributed by atoms with Crippen molar-refractivity contribution >= 4 is 17.6 Å². The van der Waals surface area contributed by atoms with Crippen molar-refractivity contribution in [3.8, 4) is 0 Å². The van der Waals surface area contributed by atoms with Gasteiger partial charge in [-0.05, 0) is 6.92 Å². The number of aryl methyl sites for hydroxylation is 2. The second kappa shape index (κ2) is 5.16. The minimum atomic E-state index is -1.16. The molecular weight excluding hydrogens is 262 g/mol. The van der Waals surface area contributed by atoms with Gasteiger partial charge in [0.05, 0.1) is 11.9 Å². The molecule has 0 saturated carbocycles. The topological polar surface area (TPSA) is 93.2 Å². The first-order valence-electron chi connectivity index (χ1n) is 6.02. The first-order valence-corrected chi connectivity index (χ1v) is 6.02. The van der Waals surface area contributed by atoms with E-state index in [9.17, 15) is 9.59 Å². The summed E-state index contributed by atoms with van der Waals surface area (Å²) in [5.74, 6) is -1.48. The maximum Gasteiger partial charge on any atom is 0.356 e. The van der Waals surface area contributed by atoms with Crippen LogP contribution in [0.1, 0.15) is 27.9 Å². The molecule has 8 heteroatoms. The van der Waals surface area contributed by atoms with Gasteiger partial charge < -0.3 is 10.0 Å². The van der Waals surface area contributed by atoms with Crippen molar-refractivity contribution in [2.45, 2.75) is 6.92 Å². The van der Waals surface area contributed by atoms with Crippen LogP contribution in [0.2, 0.25) is 0 Å². The Hall–Kier alpha value is -2.64. The Morgan fingerprint density at radius 2 is 2.10 bits per heavy atom. The fourth-order valence-electron chi connectivity index (χ4n) is 1.90. The van der Waals surface area contributed by atoms with Crippen LogP contribution in [0.3, 0.4) is 0 Å². The summed E-state index contributed by atoms with van der Waals surface area (Å²) in [6.07, 6.45) is 3.30. The molecule has 0 aliphatic carbocycles. The van der Waals surface area contributed by atoms with Gasteiger partial charge in [0.25, 0.3) is 5.91 Å². The smallest absolute Gasteiger partial charge is 0.356 e. The predicted molar refractivity (Wildman–Crippen MR) is 70.7 cm³/mol. The van der Waals surface area contributed by atoms with Crippen LogP contribution in [0, 0.1) is 0 Å². The quantitative estimate of drug-likeness (QED) is 0.879. The van der Waals surface area contributed by atoms with E-state index in [1.807, 2.05) is 6.92 Å². The molecule has 0 unspecified atom stereocenters. The zero-order valence-corrected chi connectivity index (χ0v) is 11.4. The molecule has 2 aromatic heterocycles. The summed E-state index contributed by atoms with van der Waals surface area (Å²) in [6, 6.07) is 1.27. The van der Waals surface area contributed by atoms with E-state index in [4.69, 9.17) is 5.11 Å². The van der Waals surface area contributed by atoms with Gasteiger partial charge in [-0.2, -0.15) is 10.2 Å². The molecule has 0 aliphatic heterocycles. The van der Waals surface area contributed by atoms with Crippen molar-refractivity contribution in [1.29, 1.82) is 0 Å². The number of carboxylic acids is 1. The van der Waals surface area contributed by atoms with E-state index in [0.717, 1.165) is 0 Å². The second-order valence-corrected chi connectivity index (χ2v) is 4.27. The summed E-state index contributed by atoms with van der Waals surface area (Å²) in [5, 5.41) is 16.7. The van der Waals surface area contributed by atoms with Crippen LogP contribution in [0.15, 0.2) is 18.5 Å². The summed E-state index contributed by atoms with van der Waals surface area (Å²) < 4.78 is 2.86. The summed E-state index contributed by atoms with van der Waals surface area (Å²) in [6.45, 7) is 2.28. The van der Waals surface area contributed by atoms with Gasteiger partial charge in [0.15, 0.2) is 5.69 Å². The van der Waals surface area contributed by atoms with Crippen molar-refractivity contribution in [3.63, 3.8) is 0 Å². The first kappa shape index (κ1) is 13.8. The van der Waals surface area contributed by atoms with Crippen molar-refractivity contribution < 1.29 is 14.7 Å². The van der Waals surface area contributed by atoms with Crippen molar-refractivity contribution in [2.75, 3.05) is 11.4 Å². The lowest BCUT2D eigenvalue weighted by molar-refractivity contribution is 0.0689. The Bertz CT molecular complexity index is 658. The van der Waals surface area contributed by atoms with E-state index in [0.29, 0.717) is 12.2 Å². The van der Waals surface area contributed by atoms with Crippen LogP contribution >= 0.6 is 0 Å². The van der Waals surface area contributed by atoms with Crippen LogP contribution in [0.25, 0.3) is 0 Å². The van der Waals surface area contributed by atoms with Gasteiger partial charge in [-0.15, -0.1) is 0 Å². The van der Waals surface area contributed by atoms with E-state index >= 15 is 0 Å². The summed E-state index contributed by atoms with van der Waals surface area (Å²) in [4.78, 5) is 24.9. The minimum absolute atomic E-state index is 0.155. The average molecular weight is 277 g/mol. The summed E-state index contributed by atoms with van der Waals surface area (Å²) >= 11 is 0. The Morgan fingerprint density at radius 1 is 1.40 bits per heavy atom. The molecule has 2 rings (SSSR count). The number of carbonyl (C=O) groups is 2.